The van der Waals surface area contributed by atoms with Gasteiger partial charge in [0.2, 0.25) is 0 Å². The molecule has 0 unspecified atom stereocenters. The van der Waals surface area contributed by atoms with Gasteiger partial charge < -0.3 is 5.73 Å². The minimum Gasteiger partial charge on any atom is -0.329 e. The summed E-state index contributed by atoms with van der Waals surface area (Å²) < 4.78 is 0. The molecule has 0 aromatic heterocycles. The molecule has 0 saturated heterocycles. The van der Waals surface area contributed by atoms with Crippen LogP contribution in [0.3, 0.4) is 0 Å². The van der Waals surface area contributed by atoms with Crippen LogP contribution in [0.15, 0.2) is 0 Å². The highest BCUT2D eigenvalue weighted by Gasteiger charge is 1.66. The van der Waals surface area contributed by atoms with Crippen LogP contribution in [0.25, 0.3) is 0 Å². The van der Waals surface area contributed by atoms with Gasteiger partial charge >= 0.3 is 0 Å². The Morgan fingerprint density at radius 2 is 2.40 bits per heavy atom. The Morgan fingerprint density at radius 1 is 1.80 bits per heavy atom. The highest BCUT2D eigenvalue weighted by Crippen LogP contribution is 1.41. The molecule has 1 radical (unpaired) electrons. The van der Waals surface area contributed by atoms with Gasteiger partial charge in [-0.1, -0.05) is 0 Å². The Hall–Kier alpha value is -0.0800. The Bertz CT molecular complexity index is 12.4. The minimum atomic E-state index is 0.677. The van der Waals surface area contributed by atoms with E-state index in [-0.39, 0.29) is 0 Å². The molecule has 0 aromatic rings. The van der Waals surface area contributed by atoms with Crippen molar-refractivity contribution in [2.24, 2.45) is 5.73 Å². The third-order valence-electron chi connectivity index (χ3n) is 0.353. The van der Waals surface area contributed by atoms with Gasteiger partial charge in [0.25, 0.3) is 0 Å². The van der Waals surface area contributed by atoms with E-state index in [0.717, 1.165) is 6.54 Å². The maximum atomic E-state index is 5.05. The second kappa shape index (κ2) is 3.92. The van der Waals surface area contributed by atoms with Crippen molar-refractivity contribution < 1.29 is 0 Å². The van der Waals surface area contributed by atoms with E-state index in [1.165, 1.54) is 0 Å². The molecule has 0 bridgehead atoms. The minimum absolute atomic E-state index is 0.677. The van der Waals surface area contributed by atoms with Crippen molar-refractivity contribution in [3.8, 4) is 0 Å². The fourth-order valence-corrected chi connectivity index (χ4v) is 0.129. The lowest BCUT2D eigenvalue weighted by molar-refractivity contribution is 0.787. The average Bonchev–Trinajstić information content (AvgIpc) is 1.41. The zero-order valence-corrected chi connectivity index (χ0v) is 3.44. The van der Waals surface area contributed by atoms with Gasteiger partial charge in [-0.25, -0.2) is 5.32 Å². The SMILES string of the molecule is C[N]CCN. The summed E-state index contributed by atoms with van der Waals surface area (Å²) in [6.45, 7) is 1.47. The van der Waals surface area contributed by atoms with Crippen LogP contribution in [0.1, 0.15) is 0 Å². The number of nitrogens with zero attached hydrogens (tertiary/aromatic N) is 1. The van der Waals surface area contributed by atoms with Crippen molar-refractivity contribution in [3.63, 3.8) is 0 Å². The van der Waals surface area contributed by atoms with Crippen molar-refractivity contribution in [1.82, 2.24) is 5.32 Å². The molecule has 0 aromatic carbocycles. The number of hydrogen-bond donors (Lipinski definition) is 1. The van der Waals surface area contributed by atoms with Gasteiger partial charge in [-0.3, -0.25) is 0 Å². The van der Waals surface area contributed by atoms with Gasteiger partial charge in [0.1, 0.15) is 0 Å². The van der Waals surface area contributed by atoms with Crippen LogP contribution in [0.2, 0.25) is 0 Å². The highest BCUT2D eigenvalue weighted by molar-refractivity contribution is 4.32. The quantitative estimate of drug-likeness (QED) is 0.456. The lowest BCUT2D eigenvalue weighted by Crippen LogP contribution is -2.11. The molecule has 0 aliphatic carbocycles. The van der Waals surface area contributed by atoms with Gasteiger partial charge in [0.05, 0.1) is 0 Å². The summed E-state index contributed by atoms with van der Waals surface area (Å²) in [5.41, 5.74) is 5.05. The van der Waals surface area contributed by atoms with Crippen molar-refractivity contribution in [3.05, 3.63) is 0 Å². The normalized spacial score (nSPS) is 8.40. The monoisotopic (exact) mass is 73.1 g/mol. The molecule has 0 saturated carbocycles. The molecule has 5 heavy (non-hydrogen) atoms. The van der Waals surface area contributed by atoms with Crippen molar-refractivity contribution in [1.29, 1.82) is 0 Å². The molecule has 2 N–H and O–H groups in total. The summed E-state index contributed by atoms with van der Waals surface area (Å²) >= 11 is 0. The van der Waals surface area contributed by atoms with E-state index in [0.29, 0.717) is 6.54 Å². The van der Waals surface area contributed by atoms with Crippen molar-refractivity contribution in [2.75, 3.05) is 20.1 Å². The van der Waals surface area contributed by atoms with E-state index in [9.17, 15) is 0 Å². The zero-order chi connectivity index (χ0) is 4.12. The maximum Gasteiger partial charge on any atom is 0.0253 e. The molecular formula is C3H9N2. The predicted molar refractivity (Wildman–Crippen MR) is 22.0 cm³/mol. The number of likely N-dealkylation sites (N-methyl/N-ethyl adjacent to an activating group) is 1. The largest absolute Gasteiger partial charge is 0.329 e. The molecule has 2 heteroatoms. The van der Waals surface area contributed by atoms with Crippen molar-refractivity contribution >= 4 is 0 Å². The van der Waals surface area contributed by atoms with Crippen LogP contribution in [-0.4, -0.2) is 20.1 Å². The zero-order valence-electron chi connectivity index (χ0n) is 3.44. The molecule has 0 spiro atoms. The van der Waals surface area contributed by atoms with Gasteiger partial charge in [-0.2, -0.15) is 0 Å². The molecule has 31 valence electrons. The Labute approximate surface area is 32.4 Å². The first-order chi connectivity index (χ1) is 2.41. The molecule has 0 amide bonds. The summed E-state index contributed by atoms with van der Waals surface area (Å²) in [4.78, 5) is 0. The van der Waals surface area contributed by atoms with Crippen molar-refractivity contribution in [2.45, 2.75) is 0 Å². The lowest BCUT2D eigenvalue weighted by Gasteiger charge is -1.82. The summed E-state index contributed by atoms with van der Waals surface area (Å²) in [6.07, 6.45) is 0. The van der Waals surface area contributed by atoms with Crippen LogP contribution in [0, 0.1) is 0 Å². The standard InChI is InChI=1S/C3H9N2/c1-5-3-2-4/h2-4H2,1H3. The second-order valence-electron chi connectivity index (χ2n) is 0.829. The average molecular weight is 73.1 g/mol. The van der Waals surface area contributed by atoms with Crippen LogP contribution in [0.4, 0.5) is 0 Å². The first kappa shape index (κ1) is 4.92. The molecule has 2 nitrogen and oxygen atoms in total. The summed E-state index contributed by atoms with van der Waals surface area (Å²) in [5, 5.41) is 3.73. The molecule has 0 heterocycles. The number of rotatable bonds is 2. The van der Waals surface area contributed by atoms with Crippen LogP contribution in [0.5, 0.6) is 0 Å². The fourth-order valence-electron chi connectivity index (χ4n) is 0.129. The van der Waals surface area contributed by atoms with Crippen LogP contribution < -0.4 is 11.1 Å². The third kappa shape index (κ3) is 3.92. The number of nitrogens with two attached hydrogens (primary N) is 1. The van der Waals surface area contributed by atoms with Crippen LogP contribution in [-0.2, 0) is 0 Å². The smallest absolute Gasteiger partial charge is 0.0253 e. The molecule has 0 aliphatic rings. The van der Waals surface area contributed by atoms with E-state index in [4.69, 9.17) is 5.73 Å². The summed E-state index contributed by atoms with van der Waals surface area (Å²) in [6, 6.07) is 0. The molecular weight excluding hydrogens is 64.0 g/mol. The summed E-state index contributed by atoms with van der Waals surface area (Å²) in [5.74, 6) is 0. The number of hydrogen-bond acceptors (Lipinski definition) is 1. The Balaban J connectivity index is 2.19. The molecule has 0 fully saturated rings. The molecule has 0 rings (SSSR count). The first-order valence-electron chi connectivity index (χ1n) is 1.67. The van der Waals surface area contributed by atoms with Gasteiger partial charge in [-0.05, 0) is 0 Å². The maximum absolute atomic E-state index is 5.05. The topological polar surface area (TPSA) is 40.1 Å². The van der Waals surface area contributed by atoms with E-state index >= 15 is 0 Å². The van der Waals surface area contributed by atoms with Gasteiger partial charge in [0.15, 0.2) is 0 Å². The highest BCUT2D eigenvalue weighted by atomic mass is 14.8. The third-order valence-corrected chi connectivity index (χ3v) is 0.353. The summed E-state index contributed by atoms with van der Waals surface area (Å²) in [7, 11) is 1.76. The molecule has 0 aliphatic heterocycles. The van der Waals surface area contributed by atoms with Gasteiger partial charge in [-0.15, -0.1) is 0 Å². The predicted octanol–water partition coefficient (Wildman–Crippen LogP) is -0.821. The first-order valence-corrected chi connectivity index (χ1v) is 1.67. The Kier molecular flexibility index (Phi) is 3.86. The van der Waals surface area contributed by atoms with E-state index < -0.39 is 0 Å². The lowest BCUT2D eigenvalue weighted by atomic mass is 10.7. The van der Waals surface area contributed by atoms with E-state index in [2.05, 4.69) is 5.32 Å². The van der Waals surface area contributed by atoms with E-state index in [1.54, 1.807) is 7.05 Å². The second-order valence-corrected chi connectivity index (χ2v) is 0.829. The van der Waals surface area contributed by atoms with E-state index in [1.807, 2.05) is 0 Å². The van der Waals surface area contributed by atoms with Crippen LogP contribution >= 0.6 is 0 Å². The Morgan fingerprint density at radius 3 is 2.40 bits per heavy atom. The fraction of sp³-hybridized carbons (Fsp3) is 1.00. The molecule has 0 atom stereocenters. The van der Waals surface area contributed by atoms with Gasteiger partial charge in [0, 0.05) is 20.1 Å².